The topological polar surface area (TPSA) is 73.6 Å². The lowest BCUT2D eigenvalue weighted by atomic mass is 9.97. The van der Waals surface area contributed by atoms with Gasteiger partial charge < -0.3 is 20.5 Å². The average molecular weight is 252 g/mol. The maximum Gasteiger partial charge on any atom is 0.221 e. The fraction of sp³-hybridized carbons (Fsp3) is 0.462. The largest absolute Gasteiger partial charge is 0.497 e. The van der Waals surface area contributed by atoms with E-state index in [4.69, 9.17) is 15.2 Å². The summed E-state index contributed by atoms with van der Waals surface area (Å²) >= 11 is 0. The van der Waals surface area contributed by atoms with Gasteiger partial charge >= 0.3 is 0 Å². The predicted molar refractivity (Wildman–Crippen MR) is 69.9 cm³/mol. The zero-order valence-electron chi connectivity index (χ0n) is 11.2. The molecule has 0 heterocycles. The molecule has 100 valence electrons. The van der Waals surface area contributed by atoms with Gasteiger partial charge in [-0.05, 0) is 18.6 Å². The molecule has 3 N–H and O–H groups in total. The second kappa shape index (κ2) is 6.26. The van der Waals surface area contributed by atoms with Crippen LogP contribution in [0.5, 0.6) is 11.5 Å². The summed E-state index contributed by atoms with van der Waals surface area (Å²) < 4.78 is 10.5. The van der Waals surface area contributed by atoms with E-state index in [0.29, 0.717) is 11.5 Å². The standard InChI is InChI=1S/C13H20N2O3/c1-8-5-9(17-3)6-11(18-4)13(8)10(14)7-12(16)15-2/h5-6,10H,7,14H2,1-4H3,(H,15,16). The zero-order chi connectivity index (χ0) is 13.7. The number of rotatable bonds is 5. The summed E-state index contributed by atoms with van der Waals surface area (Å²) in [7, 11) is 4.76. The summed E-state index contributed by atoms with van der Waals surface area (Å²) in [4.78, 5) is 11.4. The third-order valence-corrected chi connectivity index (χ3v) is 2.83. The Balaban J connectivity index is 3.10. The zero-order valence-corrected chi connectivity index (χ0v) is 11.2. The summed E-state index contributed by atoms with van der Waals surface area (Å²) in [6.45, 7) is 1.92. The van der Waals surface area contributed by atoms with Gasteiger partial charge in [0.15, 0.2) is 0 Å². The average Bonchev–Trinajstić information content (AvgIpc) is 2.36. The van der Waals surface area contributed by atoms with Crippen molar-refractivity contribution < 1.29 is 14.3 Å². The summed E-state index contributed by atoms with van der Waals surface area (Å²) in [5.41, 5.74) is 7.84. The van der Waals surface area contributed by atoms with Crippen LogP contribution in [-0.2, 0) is 4.79 Å². The quantitative estimate of drug-likeness (QED) is 0.824. The van der Waals surface area contributed by atoms with E-state index in [9.17, 15) is 4.79 Å². The molecule has 1 rings (SSSR count). The van der Waals surface area contributed by atoms with Gasteiger partial charge in [-0.15, -0.1) is 0 Å². The van der Waals surface area contributed by atoms with Crippen LogP contribution in [0.15, 0.2) is 12.1 Å². The number of carbonyl (C=O) groups is 1. The van der Waals surface area contributed by atoms with Crippen molar-refractivity contribution in [3.8, 4) is 11.5 Å². The lowest BCUT2D eigenvalue weighted by molar-refractivity contribution is -0.120. The van der Waals surface area contributed by atoms with Gasteiger partial charge in [0.2, 0.25) is 5.91 Å². The molecule has 1 aromatic carbocycles. The second-order valence-electron chi connectivity index (χ2n) is 4.04. The van der Waals surface area contributed by atoms with Crippen molar-refractivity contribution in [3.63, 3.8) is 0 Å². The molecule has 1 unspecified atom stereocenters. The number of nitrogens with one attached hydrogen (secondary N) is 1. The number of methoxy groups -OCH3 is 2. The summed E-state index contributed by atoms with van der Waals surface area (Å²) in [5, 5.41) is 2.56. The smallest absolute Gasteiger partial charge is 0.221 e. The second-order valence-corrected chi connectivity index (χ2v) is 4.04. The van der Waals surface area contributed by atoms with Gasteiger partial charge in [0, 0.05) is 31.1 Å². The Bertz CT molecular complexity index is 432. The molecule has 1 aromatic rings. The third kappa shape index (κ3) is 3.13. The Hall–Kier alpha value is -1.75. The van der Waals surface area contributed by atoms with Gasteiger partial charge in [-0.2, -0.15) is 0 Å². The van der Waals surface area contributed by atoms with Crippen molar-refractivity contribution in [2.75, 3.05) is 21.3 Å². The molecule has 0 saturated heterocycles. The van der Waals surface area contributed by atoms with E-state index < -0.39 is 6.04 Å². The highest BCUT2D eigenvalue weighted by Crippen LogP contribution is 2.33. The van der Waals surface area contributed by atoms with Crippen LogP contribution in [0.3, 0.4) is 0 Å². The molecule has 5 nitrogen and oxygen atoms in total. The van der Waals surface area contributed by atoms with E-state index in [2.05, 4.69) is 5.32 Å². The van der Waals surface area contributed by atoms with Gasteiger partial charge in [0.25, 0.3) is 0 Å². The van der Waals surface area contributed by atoms with Crippen LogP contribution in [0.25, 0.3) is 0 Å². The monoisotopic (exact) mass is 252 g/mol. The molecule has 0 aliphatic carbocycles. The fourth-order valence-electron chi connectivity index (χ4n) is 1.90. The first-order valence-corrected chi connectivity index (χ1v) is 5.72. The normalized spacial score (nSPS) is 11.8. The van der Waals surface area contributed by atoms with Gasteiger partial charge in [-0.25, -0.2) is 0 Å². The number of hydrogen-bond donors (Lipinski definition) is 2. The van der Waals surface area contributed by atoms with Gasteiger partial charge in [0.05, 0.1) is 14.2 Å². The van der Waals surface area contributed by atoms with E-state index >= 15 is 0 Å². The Labute approximate surface area is 107 Å². The Morgan fingerprint density at radius 1 is 1.39 bits per heavy atom. The number of aryl methyl sites for hydroxylation is 1. The summed E-state index contributed by atoms with van der Waals surface area (Å²) in [6, 6.07) is 3.25. The number of hydrogen-bond acceptors (Lipinski definition) is 4. The van der Waals surface area contributed by atoms with E-state index in [0.717, 1.165) is 11.1 Å². The van der Waals surface area contributed by atoms with E-state index in [1.165, 1.54) is 0 Å². The molecule has 0 fully saturated rings. The number of benzene rings is 1. The minimum atomic E-state index is -0.397. The third-order valence-electron chi connectivity index (χ3n) is 2.83. The molecular weight excluding hydrogens is 232 g/mol. The molecule has 0 spiro atoms. The maximum atomic E-state index is 11.4. The summed E-state index contributed by atoms with van der Waals surface area (Å²) in [5.74, 6) is 1.25. The first-order chi connectivity index (χ1) is 8.53. The lowest BCUT2D eigenvalue weighted by Gasteiger charge is -2.18. The van der Waals surface area contributed by atoms with Crippen molar-refractivity contribution in [3.05, 3.63) is 23.3 Å². The molecule has 1 amide bonds. The van der Waals surface area contributed by atoms with Gasteiger partial charge in [-0.1, -0.05) is 0 Å². The molecule has 5 heteroatoms. The van der Waals surface area contributed by atoms with Crippen LogP contribution in [0, 0.1) is 6.92 Å². The lowest BCUT2D eigenvalue weighted by Crippen LogP contribution is -2.25. The van der Waals surface area contributed by atoms with E-state index in [-0.39, 0.29) is 12.3 Å². The maximum absolute atomic E-state index is 11.4. The Kier molecular flexibility index (Phi) is 4.97. The van der Waals surface area contributed by atoms with Crippen LogP contribution < -0.4 is 20.5 Å². The molecule has 0 saturated carbocycles. The molecule has 0 radical (unpaired) electrons. The number of amides is 1. The fourth-order valence-corrected chi connectivity index (χ4v) is 1.90. The summed E-state index contributed by atoms with van der Waals surface area (Å²) in [6.07, 6.45) is 0.222. The first kappa shape index (κ1) is 14.3. The highest BCUT2D eigenvalue weighted by Gasteiger charge is 2.18. The van der Waals surface area contributed by atoms with Crippen molar-refractivity contribution in [2.45, 2.75) is 19.4 Å². The predicted octanol–water partition coefficient (Wildman–Crippen LogP) is 1.15. The van der Waals surface area contributed by atoms with Crippen molar-refractivity contribution in [1.29, 1.82) is 0 Å². The van der Waals surface area contributed by atoms with Crippen LogP contribution in [0.2, 0.25) is 0 Å². The SMILES string of the molecule is CNC(=O)CC(N)c1c(C)cc(OC)cc1OC. The minimum absolute atomic E-state index is 0.0974. The number of ether oxygens (including phenoxy) is 2. The molecule has 0 aliphatic rings. The van der Waals surface area contributed by atoms with Gasteiger partial charge in [0.1, 0.15) is 11.5 Å². The van der Waals surface area contributed by atoms with Gasteiger partial charge in [-0.3, -0.25) is 4.79 Å². The van der Waals surface area contributed by atoms with Crippen LogP contribution in [-0.4, -0.2) is 27.2 Å². The Morgan fingerprint density at radius 2 is 2.06 bits per heavy atom. The molecule has 1 atom stereocenters. The van der Waals surface area contributed by atoms with Crippen LogP contribution in [0.1, 0.15) is 23.6 Å². The van der Waals surface area contributed by atoms with Crippen molar-refractivity contribution in [2.24, 2.45) is 5.73 Å². The molecule has 0 aromatic heterocycles. The highest BCUT2D eigenvalue weighted by atomic mass is 16.5. The molecular formula is C13H20N2O3. The molecule has 0 bridgehead atoms. The highest BCUT2D eigenvalue weighted by molar-refractivity contribution is 5.76. The minimum Gasteiger partial charge on any atom is -0.497 e. The number of carbonyl (C=O) groups excluding carboxylic acids is 1. The van der Waals surface area contributed by atoms with E-state index in [1.54, 1.807) is 27.3 Å². The molecule has 18 heavy (non-hydrogen) atoms. The van der Waals surface area contributed by atoms with Crippen LogP contribution >= 0.6 is 0 Å². The molecule has 0 aliphatic heterocycles. The van der Waals surface area contributed by atoms with Crippen molar-refractivity contribution >= 4 is 5.91 Å². The number of nitrogens with two attached hydrogens (primary N) is 1. The first-order valence-electron chi connectivity index (χ1n) is 5.72. The van der Waals surface area contributed by atoms with Crippen molar-refractivity contribution in [1.82, 2.24) is 5.32 Å². The van der Waals surface area contributed by atoms with Crippen LogP contribution in [0.4, 0.5) is 0 Å². The Morgan fingerprint density at radius 3 is 2.56 bits per heavy atom. The van der Waals surface area contributed by atoms with E-state index in [1.807, 2.05) is 13.0 Å².